The topological polar surface area (TPSA) is 76.0 Å². The van der Waals surface area contributed by atoms with Gasteiger partial charge in [0, 0.05) is 12.7 Å². The first-order chi connectivity index (χ1) is 7.98. The Morgan fingerprint density at radius 3 is 2.88 bits per heavy atom. The van der Waals surface area contributed by atoms with Crippen molar-refractivity contribution < 1.29 is 24.5 Å². The van der Waals surface area contributed by atoms with Gasteiger partial charge in [0.25, 0.3) is 0 Å². The van der Waals surface area contributed by atoms with Crippen LogP contribution in [0.5, 0.6) is 5.75 Å². The van der Waals surface area contributed by atoms with Gasteiger partial charge in [0.05, 0.1) is 12.2 Å². The number of aromatic carboxylic acids is 1. The minimum absolute atomic E-state index is 0.132. The molecule has 5 nitrogen and oxygen atoms in total. The fraction of sp³-hybridized carbons (Fsp3) is 0.417. The summed E-state index contributed by atoms with van der Waals surface area (Å²) in [5, 5.41) is 19.0. The third kappa shape index (κ3) is 1.87. The Balaban J connectivity index is 2.38. The third-order valence-corrected chi connectivity index (χ3v) is 2.90. The van der Waals surface area contributed by atoms with Crippen LogP contribution < -0.4 is 4.74 Å². The van der Waals surface area contributed by atoms with E-state index in [2.05, 4.69) is 0 Å². The molecule has 0 fully saturated rings. The van der Waals surface area contributed by atoms with Gasteiger partial charge >= 0.3 is 5.97 Å². The van der Waals surface area contributed by atoms with Crippen LogP contribution in [0.4, 0.5) is 0 Å². The second-order valence-corrected chi connectivity index (χ2v) is 4.31. The van der Waals surface area contributed by atoms with E-state index in [0.717, 1.165) is 0 Å². The van der Waals surface area contributed by atoms with Crippen LogP contribution in [0.1, 0.15) is 28.9 Å². The number of benzene rings is 1. The Kier molecular flexibility index (Phi) is 2.81. The molecule has 92 valence electrons. The quantitative estimate of drug-likeness (QED) is 0.827. The zero-order chi connectivity index (χ0) is 12.6. The Bertz CT molecular complexity index is 456. The van der Waals surface area contributed by atoms with Crippen molar-refractivity contribution in [3.63, 3.8) is 0 Å². The van der Waals surface area contributed by atoms with E-state index in [-0.39, 0.29) is 12.2 Å². The van der Waals surface area contributed by atoms with Crippen LogP contribution in [0.15, 0.2) is 18.2 Å². The molecule has 0 spiro atoms. The number of hydrogen-bond donors (Lipinski definition) is 2. The summed E-state index contributed by atoms with van der Waals surface area (Å²) in [6.07, 6.45) is -0.892. The predicted octanol–water partition coefficient (Wildman–Crippen LogP) is 1.22. The molecule has 5 heteroatoms. The zero-order valence-electron chi connectivity index (χ0n) is 9.64. The summed E-state index contributed by atoms with van der Waals surface area (Å²) in [6.45, 7) is 1.95. The van der Waals surface area contributed by atoms with E-state index in [4.69, 9.17) is 14.6 Å². The molecule has 2 N–H and O–H groups in total. The maximum absolute atomic E-state index is 10.8. The maximum atomic E-state index is 10.8. The summed E-state index contributed by atoms with van der Waals surface area (Å²) < 4.78 is 10.6. The van der Waals surface area contributed by atoms with Crippen molar-refractivity contribution in [1.29, 1.82) is 0 Å². The lowest BCUT2D eigenvalue weighted by Crippen LogP contribution is -2.39. The van der Waals surface area contributed by atoms with Gasteiger partial charge in [-0.05, 0) is 25.1 Å². The molecule has 1 aromatic carbocycles. The van der Waals surface area contributed by atoms with Crippen molar-refractivity contribution >= 4 is 5.97 Å². The Morgan fingerprint density at radius 1 is 1.59 bits per heavy atom. The zero-order valence-corrected chi connectivity index (χ0v) is 9.64. The van der Waals surface area contributed by atoms with E-state index in [0.29, 0.717) is 11.3 Å². The van der Waals surface area contributed by atoms with Crippen molar-refractivity contribution in [2.45, 2.75) is 18.6 Å². The van der Waals surface area contributed by atoms with Crippen molar-refractivity contribution in [3.8, 4) is 5.75 Å². The highest BCUT2D eigenvalue weighted by molar-refractivity contribution is 5.88. The molecule has 0 radical (unpaired) electrons. The Morgan fingerprint density at radius 2 is 2.29 bits per heavy atom. The molecule has 0 aromatic heterocycles. The standard InChI is InChI=1S/C12H14O5/c1-12(6-16-2)10(13)8-5-7(11(14)15)3-4-9(8)17-12/h3-5,10,13H,6H2,1-2H3,(H,14,15)/t10-,12+/m0/s1. The molecule has 2 atom stereocenters. The van der Waals surface area contributed by atoms with Crippen molar-refractivity contribution in [3.05, 3.63) is 29.3 Å². The smallest absolute Gasteiger partial charge is 0.335 e. The number of carboxylic acids is 1. The fourth-order valence-electron chi connectivity index (χ4n) is 2.02. The summed E-state index contributed by atoms with van der Waals surface area (Å²) in [5.41, 5.74) is -0.244. The van der Waals surface area contributed by atoms with Crippen LogP contribution in [-0.2, 0) is 4.74 Å². The highest BCUT2D eigenvalue weighted by atomic mass is 16.6. The SMILES string of the molecule is COC[C@@]1(C)Oc2ccc(C(=O)O)cc2[C@@H]1O. The lowest BCUT2D eigenvalue weighted by Gasteiger charge is -2.26. The van der Waals surface area contributed by atoms with E-state index >= 15 is 0 Å². The first kappa shape index (κ1) is 11.9. The van der Waals surface area contributed by atoms with Gasteiger partial charge < -0.3 is 19.7 Å². The van der Waals surface area contributed by atoms with E-state index in [1.165, 1.54) is 19.2 Å². The second-order valence-electron chi connectivity index (χ2n) is 4.31. The number of aliphatic hydroxyl groups is 1. The highest BCUT2D eigenvalue weighted by Crippen LogP contribution is 2.43. The Hall–Kier alpha value is -1.59. The minimum atomic E-state index is -1.03. The van der Waals surface area contributed by atoms with E-state index in [1.54, 1.807) is 13.0 Å². The molecular formula is C12H14O5. The van der Waals surface area contributed by atoms with Crippen molar-refractivity contribution in [2.24, 2.45) is 0 Å². The van der Waals surface area contributed by atoms with Crippen molar-refractivity contribution in [2.75, 3.05) is 13.7 Å². The lowest BCUT2D eigenvalue weighted by atomic mass is 9.95. The van der Waals surface area contributed by atoms with Gasteiger partial charge in [-0.25, -0.2) is 4.79 Å². The highest BCUT2D eigenvalue weighted by Gasteiger charge is 2.44. The van der Waals surface area contributed by atoms with Crippen LogP contribution in [0.25, 0.3) is 0 Å². The van der Waals surface area contributed by atoms with Gasteiger partial charge in [0.15, 0.2) is 5.60 Å². The monoisotopic (exact) mass is 238 g/mol. The normalized spacial score (nSPS) is 26.4. The number of carbonyl (C=O) groups is 1. The van der Waals surface area contributed by atoms with E-state index in [1.807, 2.05) is 0 Å². The molecule has 0 aliphatic carbocycles. The number of rotatable bonds is 3. The first-order valence-corrected chi connectivity index (χ1v) is 5.21. The summed E-state index contributed by atoms with van der Waals surface area (Å²) >= 11 is 0. The number of aliphatic hydroxyl groups excluding tert-OH is 1. The average molecular weight is 238 g/mol. The largest absolute Gasteiger partial charge is 0.482 e. The number of methoxy groups -OCH3 is 1. The minimum Gasteiger partial charge on any atom is -0.482 e. The number of hydrogen-bond acceptors (Lipinski definition) is 4. The fourth-order valence-corrected chi connectivity index (χ4v) is 2.02. The van der Waals surface area contributed by atoms with Crippen LogP contribution in [0.2, 0.25) is 0 Å². The molecule has 1 aliphatic heterocycles. The molecule has 1 aromatic rings. The summed E-state index contributed by atoms with van der Waals surface area (Å²) in [5.74, 6) is -0.526. The van der Waals surface area contributed by atoms with Gasteiger partial charge in [-0.1, -0.05) is 0 Å². The predicted molar refractivity (Wildman–Crippen MR) is 59.3 cm³/mol. The molecule has 2 rings (SSSR count). The molecule has 0 saturated carbocycles. The summed E-state index contributed by atoms with van der Waals surface area (Å²) in [6, 6.07) is 4.44. The number of carboxylic acid groups (broad SMARTS) is 1. The van der Waals surface area contributed by atoms with Gasteiger partial charge in [-0.15, -0.1) is 0 Å². The van der Waals surface area contributed by atoms with Gasteiger partial charge in [0.1, 0.15) is 11.9 Å². The maximum Gasteiger partial charge on any atom is 0.335 e. The first-order valence-electron chi connectivity index (χ1n) is 5.21. The van der Waals surface area contributed by atoms with Crippen LogP contribution >= 0.6 is 0 Å². The molecule has 0 unspecified atom stereocenters. The second kappa shape index (κ2) is 4.01. The number of ether oxygens (including phenoxy) is 2. The van der Waals surface area contributed by atoms with Crippen LogP contribution in [0.3, 0.4) is 0 Å². The van der Waals surface area contributed by atoms with Crippen LogP contribution in [-0.4, -0.2) is 35.5 Å². The lowest BCUT2D eigenvalue weighted by molar-refractivity contribution is -0.0618. The molecule has 0 bridgehead atoms. The molecule has 1 aliphatic rings. The summed E-state index contributed by atoms with van der Waals surface area (Å²) in [7, 11) is 1.52. The molecule has 17 heavy (non-hydrogen) atoms. The van der Waals surface area contributed by atoms with Gasteiger partial charge in [0.2, 0.25) is 0 Å². The molecule has 1 heterocycles. The summed E-state index contributed by atoms with van der Waals surface area (Å²) in [4.78, 5) is 10.8. The molecular weight excluding hydrogens is 224 g/mol. The van der Waals surface area contributed by atoms with Gasteiger partial charge in [-0.3, -0.25) is 0 Å². The number of fused-ring (bicyclic) bond motifs is 1. The van der Waals surface area contributed by atoms with Gasteiger partial charge in [-0.2, -0.15) is 0 Å². The third-order valence-electron chi connectivity index (χ3n) is 2.90. The average Bonchev–Trinajstić information content (AvgIpc) is 2.51. The van der Waals surface area contributed by atoms with Crippen LogP contribution in [0, 0.1) is 0 Å². The van der Waals surface area contributed by atoms with E-state index < -0.39 is 17.7 Å². The van der Waals surface area contributed by atoms with E-state index in [9.17, 15) is 9.90 Å². The molecule has 0 saturated heterocycles. The van der Waals surface area contributed by atoms with Crippen molar-refractivity contribution in [1.82, 2.24) is 0 Å². The molecule has 0 amide bonds. The Labute approximate surface area is 98.6 Å².